The minimum Gasteiger partial charge on any atom is -0.443 e. The fourth-order valence-electron chi connectivity index (χ4n) is 2.56. The number of carbonyl (C=O) groups excluding carboxylic acids is 4. The average molecular weight is 326 g/mol. The summed E-state index contributed by atoms with van der Waals surface area (Å²) in [7, 11) is 0. The Bertz CT molecular complexity index is 450. The highest BCUT2D eigenvalue weighted by molar-refractivity contribution is 5.97. The Balaban J connectivity index is 2.36. The minimum atomic E-state index is -0.962. The van der Waals surface area contributed by atoms with Gasteiger partial charge < -0.3 is 9.53 Å². The number of nitrogens with one attached hydrogen (secondary N) is 2. The van der Waals surface area contributed by atoms with Crippen molar-refractivity contribution >= 4 is 24.1 Å². The Morgan fingerprint density at radius 3 is 2.30 bits per heavy atom. The lowest BCUT2D eigenvalue weighted by Crippen LogP contribution is -2.45. The summed E-state index contributed by atoms with van der Waals surface area (Å²) < 4.78 is 4.95. The fraction of sp³-hybridized carbons (Fsp3) is 0.750. The van der Waals surface area contributed by atoms with Crippen molar-refractivity contribution in [3.8, 4) is 0 Å². The summed E-state index contributed by atoms with van der Waals surface area (Å²) in [6.45, 7) is 5.08. The molecule has 0 radical (unpaired) electrons. The van der Waals surface area contributed by atoms with Gasteiger partial charge in [-0.25, -0.2) is 10.2 Å². The summed E-state index contributed by atoms with van der Waals surface area (Å²) >= 11 is 0. The number of Topliss-reactive ketones (excluding diaryl/α,β-unsaturated/α-hetero) is 1. The van der Waals surface area contributed by atoms with Crippen LogP contribution in [-0.2, 0) is 19.1 Å². The zero-order valence-electron chi connectivity index (χ0n) is 14.0. The number of rotatable bonds is 6. The molecule has 2 amide bonds. The second kappa shape index (κ2) is 8.64. The molecule has 0 bridgehead atoms. The Labute approximate surface area is 136 Å². The molecule has 0 aromatic heterocycles. The molecular weight excluding hydrogens is 300 g/mol. The molecule has 1 rings (SSSR count). The van der Waals surface area contributed by atoms with Gasteiger partial charge in [-0.15, -0.1) is 0 Å². The molecule has 130 valence electrons. The molecule has 1 fully saturated rings. The third kappa shape index (κ3) is 7.76. The molecule has 1 saturated carbocycles. The smallest absolute Gasteiger partial charge is 0.426 e. The Morgan fingerprint density at radius 2 is 1.78 bits per heavy atom. The third-order valence-electron chi connectivity index (χ3n) is 3.65. The average Bonchev–Trinajstić information content (AvgIpc) is 2.93. The summed E-state index contributed by atoms with van der Waals surface area (Å²) in [5, 5.41) is 0. The molecule has 0 heterocycles. The molecule has 1 aliphatic carbocycles. The summed E-state index contributed by atoms with van der Waals surface area (Å²) in [6.07, 6.45) is 4.01. The Kier molecular flexibility index (Phi) is 7.19. The van der Waals surface area contributed by atoms with Gasteiger partial charge in [-0.2, -0.15) is 0 Å². The molecule has 0 aromatic carbocycles. The predicted molar refractivity (Wildman–Crippen MR) is 83.3 cm³/mol. The molecule has 0 spiro atoms. The van der Waals surface area contributed by atoms with E-state index in [0.29, 0.717) is 18.6 Å². The standard InChI is InChI=1S/C16H26N2O5/c1-16(2,3)23-15(22)18-17-14(21)9-12(10-19)13(20)8-11-6-4-5-7-11/h10-12H,4-9H2,1-3H3,(H,17,21)(H,18,22). The van der Waals surface area contributed by atoms with Crippen molar-refractivity contribution in [2.75, 3.05) is 0 Å². The van der Waals surface area contributed by atoms with Crippen LogP contribution in [0.1, 0.15) is 59.3 Å². The van der Waals surface area contributed by atoms with E-state index in [2.05, 4.69) is 10.9 Å². The Morgan fingerprint density at radius 1 is 1.17 bits per heavy atom. The van der Waals surface area contributed by atoms with Crippen LogP contribution in [0.15, 0.2) is 0 Å². The van der Waals surface area contributed by atoms with E-state index in [9.17, 15) is 19.2 Å². The lowest BCUT2D eigenvalue weighted by atomic mass is 9.92. The van der Waals surface area contributed by atoms with E-state index < -0.39 is 23.5 Å². The van der Waals surface area contributed by atoms with Gasteiger partial charge in [-0.1, -0.05) is 25.7 Å². The highest BCUT2D eigenvalue weighted by Gasteiger charge is 2.26. The van der Waals surface area contributed by atoms with Crippen LogP contribution in [0.5, 0.6) is 0 Å². The van der Waals surface area contributed by atoms with Crippen LogP contribution < -0.4 is 10.9 Å². The van der Waals surface area contributed by atoms with E-state index in [0.717, 1.165) is 25.7 Å². The van der Waals surface area contributed by atoms with Crippen molar-refractivity contribution in [2.45, 2.75) is 64.9 Å². The second-order valence-electron chi connectivity index (χ2n) is 6.94. The first-order valence-electron chi connectivity index (χ1n) is 7.97. The van der Waals surface area contributed by atoms with Crippen LogP contribution in [-0.4, -0.2) is 29.7 Å². The van der Waals surface area contributed by atoms with Gasteiger partial charge in [0.2, 0.25) is 5.91 Å². The maximum Gasteiger partial charge on any atom is 0.426 e. The molecule has 0 aliphatic heterocycles. The maximum absolute atomic E-state index is 12.1. The maximum atomic E-state index is 12.1. The van der Waals surface area contributed by atoms with Crippen LogP contribution >= 0.6 is 0 Å². The van der Waals surface area contributed by atoms with Gasteiger partial charge in [0.15, 0.2) is 0 Å². The lowest BCUT2D eigenvalue weighted by molar-refractivity contribution is -0.133. The fourth-order valence-corrected chi connectivity index (χ4v) is 2.56. The van der Waals surface area contributed by atoms with Crippen molar-refractivity contribution in [3.05, 3.63) is 0 Å². The monoisotopic (exact) mass is 326 g/mol. The topological polar surface area (TPSA) is 102 Å². The van der Waals surface area contributed by atoms with Crippen LogP contribution in [0.4, 0.5) is 4.79 Å². The first-order chi connectivity index (χ1) is 10.7. The SMILES string of the molecule is CC(C)(C)OC(=O)NNC(=O)CC(C=O)C(=O)CC1CCCC1. The van der Waals surface area contributed by atoms with Gasteiger partial charge in [-0.3, -0.25) is 15.0 Å². The molecule has 2 N–H and O–H groups in total. The number of aldehydes is 1. The minimum absolute atomic E-state index is 0.209. The highest BCUT2D eigenvalue weighted by Crippen LogP contribution is 2.28. The number of ether oxygens (including phenoxy) is 1. The van der Waals surface area contributed by atoms with E-state index in [1.165, 1.54) is 0 Å². The van der Waals surface area contributed by atoms with E-state index >= 15 is 0 Å². The van der Waals surface area contributed by atoms with Gasteiger partial charge in [-0.05, 0) is 26.7 Å². The summed E-state index contributed by atoms with van der Waals surface area (Å²) in [6, 6.07) is 0. The number of hydrogen-bond donors (Lipinski definition) is 2. The van der Waals surface area contributed by atoms with Gasteiger partial charge in [0.25, 0.3) is 0 Å². The van der Waals surface area contributed by atoms with E-state index in [1.807, 2.05) is 0 Å². The highest BCUT2D eigenvalue weighted by atomic mass is 16.6. The second-order valence-corrected chi connectivity index (χ2v) is 6.94. The molecule has 1 aliphatic rings. The van der Waals surface area contributed by atoms with Crippen molar-refractivity contribution in [1.82, 2.24) is 10.9 Å². The summed E-state index contributed by atoms with van der Waals surface area (Å²) in [4.78, 5) is 46.3. The van der Waals surface area contributed by atoms with Gasteiger partial charge in [0, 0.05) is 12.8 Å². The predicted octanol–water partition coefficient (Wildman–Crippen LogP) is 1.90. The van der Waals surface area contributed by atoms with Crippen LogP contribution in [0.25, 0.3) is 0 Å². The molecule has 23 heavy (non-hydrogen) atoms. The lowest BCUT2D eigenvalue weighted by Gasteiger charge is -2.20. The molecular formula is C16H26N2O5. The van der Waals surface area contributed by atoms with E-state index in [-0.39, 0.29) is 12.2 Å². The molecule has 1 atom stereocenters. The van der Waals surface area contributed by atoms with Gasteiger partial charge in [0.1, 0.15) is 17.7 Å². The normalized spacial score (nSPS) is 16.5. The van der Waals surface area contributed by atoms with Crippen molar-refractivity contribution in [2.24, 2.45) is 11.8 Å². The summed E-state index contributed by atoms with van der Waals surface area (Å²) in [5.74, 6) is -1.45. The third-order valence-corrected chi connectivity index (χ3v) is 3.65. The number of hydrogen-bond acceptors (Lipinski definition) is 5. The van der Waals surface area contributed by atoms with Crippen molar-refractivity contribution < 1.29 is 23.9 Å². The largest absolute Gasteiger partial charge is 0.443 e. The molecule has 7 nitrogen and oxygen atoms in total. The summed E-state index contributed by atoms with van der Waals surface area (Å²) in [5.41, 5.74) is 3.55. The van der Waals surface area contributed by atoms with Crippen molar-refractivity contribution in [1.29, 1.82) is 0 Å². The number of carbonyl (C=O) groups is 4. The van der Waals surface area contributed by atoms with Crippen LogP contribution in [0, 0.1) is 11.8 Å². The quantitative estimate of drug-likeness (QED) is 0.441. The number of amides is 2. The van der Waals surface area contributed by atoms with Gasteiger partial charge >= 0.3 is 6.09 Å². The molecule has 1 unspecified atom stereocenters. The van der Waals surface area contributed by atoms with Gasteiger partial charge in [0.05, 0.1) is 5.92 Å². The zero-order valence-corrected chi connectivity index (χ0v) is 14.0. The van der Waals surface area contributed by atoms with E-state index in [1.54, 1.807) is 20.8 Å². The molecule has 0 aromatic rings. The number of ketones is 1. The zero-order chi connectivity index (χ0) is 17.5. The molecule has 0 saturated heterocycles. The van der Waals surface area contributed by atoms with E-state index in [4.69, 9.17) is 4.74 Å². The molecule has 7 heteroatoms. The van der Waals surface area contributed by atoms with Crippen LogP contribution in [0.2, 0.25) is 0 Å². The Hall–Kier alpha value is -1.92. The number of hydrazine groups is 1. The first-order valence-corrected chi connectivity index (χ1v) is 7.97. The van der Waals surface area contributed by atoms with Crippen LogP contribution in [0.3, 0.4) is 0 Å². The van der Waals surface area contributed by atoms with Crippen molar-refractivity contribution in [3.63, 3.8) is 0 Å². The first kappa shape index (κ1) is 19.1.